The molecule has 0 aliphatic heterocycles. The third kappa shape index (κ3) is 2.46. The molecule has 0 bridgehead atoms. The lowest BCUT2D eigenvalue weighted by Crippen LogP contribution is -2.13. The summed E-state index contributed by atoms with van der Waals surface area (Å²) in [5.74, 6) is 0.499. The highest BCUT2D eigenvalue weighted by molar-refractivity contribution is 6.14. The molecule has 0 saturated carbocycles. The quantitative estimate of drug-likeness (QED) is 0.447. The SMILES string of the molecule is NC(=NCc1ccccc1)c1cccc2c1oc1ccccc12. The van der Waals surface area contributed by atoms with E-state index in [9.17, 15) is 0 Å². The fraction of sp³-hybridized carbons (Fsp3) is 0.0500. The predicted molar refractivity (Wildman–Crippen MR) is 94.6 cm³/mol. The summed E-state index contributed by atoms with van der Waals surface area (Å²) >= 11 is 0. The van der Waals surface area contributed by atoms with E-state index in [-0.39, 0.29) is 0 Å². The number of benzene rings is 3. The Kier molecular flexibility index (Phi) is 3.31. The van der Waals surface area contributed by atoms with Gasteiger partial charge in [0.1, 0.15) is 17.0 Å². The van der Waals surface area contributed by atoms with Crippen LogP contribution in [-0.2, 0) is 6.54 Å². The lowest BCUT2D eigenvalue weighted by molar-refractivity contribution is 0.668. The second kappa shape index (κ2) is 5.61. The normalized spacial score (nSPS) is 12.1. The van der Waals surface area contributed by atoms with E-state index >= 15 is 0 Å². The molecule has 4 aromatic rings. The van der Waals surface area contributed by atoms with Crippen molar-refractivity contribution in [3.63, 3.8) is 0 Å². The van der Waals surface area contributed by atoms with E-state index in [1.165, 1.54) is 0 Å². The molecule has 0 saturated heterocycles. The molecule has 0 spiro atoms. The Morgan fingerprint density at radius 1 is 0.826 bits per heavy atom. The average molecular weight is 300 g/mol. The minimum absolute atomic E-state index is 0.499. The zero-order chi connectivity index (χ0) is 15.6. The number of para-hydroxylation sites is 2. The van der Waals surface area contributed by atoms with Gasteiger partial charge in [0.25, 0.3) is 0 Å². The van der Waals surface area contributed by atoms with Gasteiger partial charge in [-0.3, -0.25) is 4.99 Å². The molecule has 4 rings (SSSR count). The number of fused-ring (bicyclic) bond motifs is 3. The zero-order valence-corrected chi connectivity index (χ0v) is 12.6. The van der Waals surface area contributed by atoms with Crippen LogP contribution in [0.15, 0.2) is 82.2 Å². The molecule has 2 N–H and O–H groups in total. The summed E-state index contributed by atoms with van der Waals surface area (Å²) in [4.78, 5) is 4.52. The summed E-state index contributed by atoms with van der Waals surface area (Å²) < 4.78 is 6.00. The lowest BCUT2D eigenvalue weighted by Gasteiger charge is -2.02. The van der Waals surface area contributed by atoms with Crippen LogP contribution in [-0.4, -0.2) is 5.84 Å². The van der Waals surface area contributed by atoms with Crippen LogP contribution in [0.2, 0.25) is 0 Å². The average Bonchev–Trinajstić information content (AvgIpc) is 2.99. The fourth-order valence-corrected chi connectivity index (χ4v) is 2.79. The van der Waals surface area contributed by atoms with E-state index in [0.29, 0.717) is 12.4 Å². The highest BCUT2D eigenvalue weighted by Crippen LogP contribution is 2.30. The molecule has 1 heterocycles. The maximum absolute atomic E-state index is 6.22. The van der Waals surface area contributed by atoms with Crippen LogP contribution in [0.3, 0.4) is 0 Å². The molecule has 0 radical (unpaired) electrons. The van der Waals surface area contributed by atoms with Gasteiger partial charge in [0.05, 0.1) is 12.1 Å². The molecule has 23 heavy (non-hydrogen) atoms. The van der Waals surface area contributed by atoms with Crippen molar-refractivity contribution >= 4 is 27.8 Å². The highest BCUT2D eigenvalue weighted by atomic mass is 16.3. The van der Waals surface area contributed by atoms with Crippen LogP contribution in [0.4, 0.5) is 0 Å². The molecule has 112 valence electrons. The Hall–Kier alpha value is -3.07. The fourth-order valence-electron chi connectivity index (χ4n) is 2.79. The molecular formula is C20H16N2O. The number of hydrogen-bond acceptors (Lipinski definition) is 2. The molecule has 0 aliphatic carbocycles. The molecule has 1 aromatic heterocycles. The van der Waals surface area contributed by atoms with Crippen molar-refractivity contribution in [1.82, 2.24) is 0 Å². The van der Waals surface area contributed by atoms with Gasteiger partial charge in [0.2, 0.25) is 0 Å². The molecular weight excluding hydrogens is 284 g/mol. The van der Waals surface area contributed by atoms with Crippen molar-refractivity contribution in [3.05, 3.63) is 83.9 Å². The Balaban J connectivity index is 1.79. The first kappa shape index (κ1) is 13.6. The molecule has 0 amide bonds. The van der Waals surface area contributed by atoms with E-state index in [1.54, 1.807) is 0 Å². The van der Waals surface area contributed by atoms with Gasteiger partial charge in [-0.05, 0) is 17.7 Å². The maximum atomic E-state index is 6.22. The van der Waals surface area contributed by atoms with Gasteiger partial charge in [-0.15, -0.1) is 0 Å². The summed E-state index contributed by atoms with van der Waals surface area (Å²) in [5.41, 5.74) is 9.86. The smallest absolute Gasteiger partial charge is 0.146 e. The zero-order valence-electron chi connectivity index (χ0n) is 12.6. The number of furan rings is 1. The minimum Gasteiger partial charge on any atom is -0.455 e. The maximum Gasteiger partial charge on any atom is 0.146 e. The van der Waals surface area contributed by atoms with Crippen LogP contribution in [0, 0.1) is 0 Å². The van der Waals surface area contributed by atoms with Crippen molar-refractivity contribution in [2.45, 2.75) is 6.54 Å². The predicted octanol–water partition coefficient (Wildman–Crippen LogP) is 4.49. The van der Waals surface area contributed by atoms with Crippen molar-refractivity contribution in [1.29, 1.82) is 0 Å². The Morgan fingerprint density at radius 2 is 1.57 bits per heavy atom. The van der Waals surface area contributed by atoms with Crippen molar-refractivity contribution in [3.8, 4) is 0 Å². The summed E-state index contributed by atoms with van der Waals surface area (Å²) in [6.45, 7) is 0.559. The van der Waals surface area contributed by atoms with E-state index < -0.39 is 0 Å². The first-order valence-corrected chi connectivity index (χ1v) is 7.57. The van der Waals surface area contributed by atoms with Crippen LogP contribution in [0.25, 0.3) is 21.9 Å². The first-order chi connectivity index (χ1) is 11.3. The first-order valence-electron chi connectivity index (χ1n) is 7.57. The second-order valence-corrected chi connectivity index (χ2v) is 5.47. The Labute approximate surface area is 134 Å². The number of rotatable bonds is 3. The third-order valence-corrected chi connectivity index (χ3v) is 3.96. The third-order valence-electron chi connectivity index (χ3n) is 3.96. The Morgan fingerprint density at radius 3 is 2.43 bits per heavy atom. The number of nitrogens with zero attached hydrogens (tertiary/aromatic N) is 1. The van der Waals surface area contributed by atoms with Gasteiger partial charge < -0.3 is 10.2 Å². The van der Waals surface area contributed by atoms with Crippen LogP contribution < -0.4 is 5.73 Å². The number of hydrogen-bond donors (Lipinski definition) is 1. The molecule has 3 aromatic carbocycles. The number of nitrogens with two attached hydrogens (primary N) is 1. The van der Waals surface area contributed by atoms with Gasteiger partial charge in [0, 0.05) is 10.8 Å². The van der Waals surface area contributed by atoms with E-state index in [4.69, 9.17) is 10.2 Å². The molecule has 3 nitrogen and oxygen atoms in total. The minimum atomic E-state index is 0.499. The van der Waals surface area contributed by atoms with Crippen LogP contribution in [0.5, 0.6) is 0 Å². The van der Waals surface area contributed by atoms with Gasteiger partial charge in [-0.1, -0.05) is 60.7 Å². The largest absolute Gasteiger partial charge is 0.455 e. The molecule has 3 heteroatoms. The van der Waals surface area contributed by atoms with Gasteiger partial charge in [-0.25, -0.2) is 0 Å². The number of amidine groups is 1. The molecule has 0 atom stereocenters. The second-order valence-electron chi connectivity index (χ2n) is 5.47. The van der Waals surface area contributed by atoms with Crippen molar-refractivity contribution < 1.29 is 4.42 Å². The van der Waals surface area contributed by atoms with Crippen LogP contribution >= 0.6 is 0 Å². The van der Waals surface area contributed by atoms with Gasteiger partial charge >= 0.3 is 0 Å². The summed E-state index contributed by atoms with van der Waals surface area (Å²) in [6, 6.07) is 24.1. The Bertz CT molecular complexity index is 1000. The highest BCUT2D eigenvalue weighted by Gasteiger charge is 2.12. The van der Waals surface area contributed by atoms with E-state index in [0.717, 1.165) is 33.1 Å². The standard InChI is InChI=1S/C20H16N2O/c21-20(22-13-14-7-2-1-3-8-14)17-11-6-10-16-15-9-4-5-12-18(15)23-19(16)17/h1-12H,13H2,(H2,21,22). The van der Waals surface area contributed by atoms with Gasteiger partial charge in [-0.2, -0.15) is 0 Å². The summed E-state index contributed by atoms with van der Waals surface area (Å²) in [5, 5.41) is 2.16. The van der Waals surface area contributed by atoms with E-state index in [1.807, 2.05) is 60.7 Å². The van der Waals surface area contributed by atoms with Crippen molar-refractivity contribution in [2.24, 2.45) is 10.7 Å². The van der Waals surface area contributed by atoms with E-state index in [2.05, 4.69) is 17.1 Å². The molecule has 0 fully saturated rings. The molecule has 0 unspecified atom stereocenters. The summed E-state index contributed by atoms with van der Waals surface area (Å²) in [6.07, 6.45) is 0. The van der Waals surface area contributed by atoms with Crippen LogP contribution in [0.1, 0.15) is 11.1 Å². The topological polar surface area (TPSA) is 51.5 Å². The monoisotopic (exact) mass is 300 g/mol. The lowest BCUT2D eigenvalue weighted by atomic mass is 10.1. The van der Waals surface area contributed by atoms with Gasteiger partial charge in [0.15, 0.2) is 0 Å². The number of aliphatic imine (C=N–C) groups is 1. The molecule has 0 aliphatic rings. The summed E-state index contributed by atoms with van der Waals surface area (Å²) in [7, 11) is 0. The van der Waals surface area contributed by atoms with Crippen molar-refractivity contribution in [2.75, 3.05) is 0 Å².